The van der Waals surface area contributed by atoms with Crippen molar-refractivity contribution in [3.8, 4) is 0 Å². The fourth-order valence-electron chi connectivity index (χ4n) is 2.87. The summed E-state index contributed by atoms with van der Waals surface area (Å²) >= 11 is 0. The van der Waals surface area contributed by atoms with Crippen LogP contribution >= 0.6 is 0 Å². The third-order valence-corrected chi connectivity index (χ3v) is 6.00. The number of anilines is 2. The summed E-state index contributed by atoms with van der Waals surface area (Å²) in [6.45, 7) is 2.02. The average molecular weight is 388 g/mol. The average Bonchev–Trinajstić information content (AvgIpc) is 2.92. The molecule has 142 valence electrons. The molecule has 1 aromatic carbocycles. The maximum atomic E-state index is 12.5. The van der Waals surface area contributed by atoms with Gasteiger partial charge in [-0.2, -0.15) is 0 Å². The van der Waals surface area contributed by atoms with Gasteiger partial charge in [-0.15, -0.1) is 0 Å². The van der Waals surface area contributed by atoms with Gasteiger partial charge in [-0.3, -0.25) is 14.5 Å². The zero-order chi connectivity index (χ0) is 19.8. The van der Waals surface area contributed by atoms with Gasteiger partial charge in [0.2, 0.25) is 17.0 Å². The molecule has 1 aliphatic heterocycles. The number of nitrogens with one attached hydrogen (secondary N) is 1. The Hall–Kier alpha value is -3.01. The van der Waals surface area contributed by atoms with E-state index >= 15 is 0 Å². The Labute approximate surface area is 156 Å². The van der Waals surface area contributed by atoms with Crippen molar-refractivity contribution in [1.82, 2.24) is 9.97 Å². The molecule has 27 heavy (non-hydrogen) atoms. The molecule has 2 amide bonds. The van der Waals surface area contributed by atoms with Crippen LogP contribution < -0.4 is 16.4 Å². The lowest BCUT2D eigenvalue weighted by molar-refractivity contribution is -0.117. The van der Waals surface area contributed by atoms with Crippen LogP contribution in [0.2, 0.25) is 0 Å². The lowest BCUT2D eigenvalue weighted by Crippen LogP contribution is -2.27. The summed E-state index contributed by atoms with van der Waals surface area (Å²) in [6.07, 6.45) is 0.589. The van der Waals surface area contributed by atoms with Crippen LogP contribution in [0.5, 0.6) is 0 Å². The molecule has 2 heterocycles. The van der Waals surface area contributed by atoms with Crippen LogP contribution in [0.15, 0.2) is 29.4 Å². The van der Waals surface area contributed by atoms with Gasteiger partial charge in [-0.25, -0.2) is 19.0 Å². The fourth-order valence-corrected chi connectivity index (χ4v) is 4.11. The standard InChI is InChI=1S/C17H20N6O3S/c1-2-7-27(20,26)17-21-14(18)12-8-13(24)23(16(12)22-17)9-10-3-5-11(6-4-10)15(19)25/h3-6,20H,2,7-9H2,1H3,(H2,19,25)(H2,18,21,22). The number of carbonyl (C=O) groups excluding carboxylic acids is 2. The minimum Gasteiger partial charge on any atom is -0.383 e. The maximum absolute atomic E-state index is 12.5. The van der Waals surface area contributed by atoms with E-state index in [0.717, 1.165) is 5.56 Å². The molecule has 1 unspecified atom stereocenters. The van der Waals surface area contributed by atoms with Gasteiger partial charge in [0.15, 0.2) is 0 Å². The van der Waals surface area contributed by atoms with Crippen LogP contribution in [0.3, 0.4) is 0 Å². The van der Waals surface area contributed by atoms with E-state index in [0.29, 0.717) is 17.5 Å². The number of benzene rings is 1. The van der Waals surface area contributed by atoms with Crippen LogP contribution in [-0.2, 0) is 27.5 Å². The van der Waals surface area contributed by atoms with Gasteiger partial charge in [0, 0.05) is 16.9 Å². The summed E-state index contributed by atoms with van der Waals surface area (Å²) in [5.41, 5.74) is 12.8. The van der Waals surface area contributed by atoms with Crippen molar-refractivity contribution < 1.29 is 13.8 Å². The molecule has 0 radical (unpaired) electrons. The highest BCUT2D eigenvalue weighted by Crippen LogP contribution is 2.32. The lowest BCUT2D eigenvalue weighted by atomic mass is 10.1. The van der Waals surface area contributed by atoms with Crippen molar-refractivity contribution in [3.05, 3.63) is 41.0 Å². The number of rotatable bonds is 6. The van der Waals surface area contributed by atoms with Gasteiger partial charge >= 0.3 is 0 Å². The third-order valence-electron chi connectivity index (χ3n) is 4.25. The van der Waals surface area contributed by atoms with E-state index in [4.69, 9.17) is 16.2 Å². The zero-order valence-corrected chi connectivity index (χ0v) is 15.6. The number of nitrogens with two attached hydrogens (primary N) is 2. The van der Waals surface area contributed by atoms with Crippen molar-refractivity contribution in [2.75, 3.05) is 16.4 Å². The van der Waals surface area contributed by atoms with E-state index < -0.39 is 15.6 Å². The summed E-state index contributed by atoms with van der Waals surface area (Å²) in [7, 11) is -3.17. The summed E-state index contributed by atoms with van der Waals surface area (Å²) < 4.78 is 20.6. The number of carbonyl (C=O) groups is 2. The Balaban J connectivity index is 1.97. The van der Waals surface area contributed by atoms with E-state index in [1.807, 2.05) is 6.92 Å². The second-order valence-corrected chi connectivity index (χ2v) is 8.41. The first kappa shape index (κ1) is 18.8. The van der Waals surface area contributed by atoms with Crippen LogP contribution in [0.25, 0.3) is 0 Å². The molecule has 10 heteroatoms. The summed E-state index contributed by atoms with van der Waals surface area (Å²) in [4.78, 5) is 33.3. The molecule has 1 atom stereocenters. The molecule has 0 spiro atoms. The normalized spacial score (nSPS) is 15.4. The fraction of sp³-hybridized carbons (Fsp3) is 0.294. The molecule has 1 aromatic heterocycles. The quantitative estimate of drug-likeness (QED) is 0.628. The number of nitrogens with zero attached hydrogens (tertiary/aromatic N) is 3. The van der Waals surface area contributed by atoms with Gasteiger partial charge in [0.1, 0.15) is 21.4 Å². The largest absolute Gasteiger partial charge is 0.383 e. The van der Waals surface area contributed by atoms with E-state index in [2.05, 4.69) is 9.97 Å². The van der Waals surface area contributed by atoms with Crippen molar-refractivity contribution >= 4 is 33.2 Å². The van der Waals surface area contributed by atoms with Crippen molar-refractivity contribution in [1.29, 1.82) is 4.78 Å². The van der Waals surface area contributed by atoms with E-state index in [1.165, 1.54) is 4.90 Å². The smallest absolute Gasteiger partial charge is 0.248 e. The number of amides is 2. The first-order chi connectivity index (χ1) is 12.7. The number of hydrogen-bond donors (Lipinski definition) is 3. The molecule has 1 aliphatic rings. The highest BCUT2D eigenvalue weighted by Gasteiger charge is 2.33. The van der Waals surface area contributed by atoms with Crippen molar-refractivity contribution in [3.63, 3.8) is 0 Å². The van der Waals surface area contributed by atoms with Gasteiger partial charge in [-0.05, 0) is 24.1 Å². The Kier molecular flexibility index (Phi) is 4.83. The lowest BCUT2D eigenvalue weighted by Gasteiger charge is -2.18. The Morgan fingerprint density at radius 1 is 1.30 bits per heavy atom. The van der Waals surface area contributed by atoms with Gasteiger partial charge in [-0.1, -0.05) is 19.1 Å². The van der Waals surface area contributed by atoms with Crippen LogP contribution in [0, 0.1) is 4.78 Å². The second-order valence-electron chi connectivity index (χ2n) is 6.29. The van der Waals surface area contributed by atoms with E-state index in [1.54, 1.807) is 24.3 Å². The van der Waals surface area contributed by atoms with E-state index in [-0.39, 0.29) is 41.4 Å². The highest BCUT2D eigenvalue weighted by atomic mass is 32.2. The molecule has 2 aromatic rings. The first-order valence-electron chi connectivity index (χ1n) is 8.35. The first-order valence-corrected chi connectivity index (χ1v) is 10.1. The van der Waals surface area contributed by atoms with Gasteiger partial charge in [0.05, 0.1) is 13.0 Å². The van der Waals surface area contributed by atoms with Gasteiger partial charge < -0.3 is 11.5 Å². The van der Waals surface area contributed by atoms with Crippen molar-refractivity contribution in [2.24, 2.45) is 5.73 Å². The number of nitrogen functional groups attached to an aromatic ring is 1. The van der Waals surface area contributed by atoms with Gasteiger partial charge in [0.25, 0.3) is 0 Å². The number of hydrogen-bond acceptors (Lipinski definition) is 7. The third kappa shape index (κ3) is 3.61. The SMILES string of the molecule is CCCS(=N)(=O)c1nc(N)c2c(n1)N(Cc1ccc(C(N)=O)cc1)C(=O)C2. The van der Waals surface area contributed by atoms with E-state index in [9.17, 15) is 13.8 Å². The van der Waals surface area contributed by atoms with Crippen LogP contribution in [-0.4, -0.2) is 31.7 Å². The summed E-state index contributed by atoms with van der Waals surface area (Å²) in [6, 6.07) is 6.55. The molecule has 0 aliphatic carbocycles. The molecule has 3 rings (SSSR count). The Morgan fingerprint density at radius 2 is 1.96 bits per heavy atom. The molecular formula is C17H20N6O3S. The monoisotopic (exact) mass is 388 g/mol. The minimum absolute atomic E-state index is 0.0494. The molecule has 0 bridgehead atoms. The molecule has 0 saturated carbocycles. The summed E-state index contributed by atoms with van der Waals surface area (Å²) in [5, 5.41) is -0.149. The van der Waals surface area contributed by atoms with Crippen molar-refractivity contribution in [2.45, 2.75) is 31.5 Å². The molecule has 0 fully saturated rings. The second kappa shape index (κ2) is 6.95. The zero-order valence-electron chi connectivity index (χ0n) is 14.8. The highest BCUT2D eigenvalue weighted by molar-refractivity contribution is 7.92. The Bertz CT molecular complexity index is 1020. The molecular weight excluding hydrogens is 368 g/mol. The summed E-state index contributed by atoms with van der Waals surface area (Å²) in [5.74, 6) is -0.263. The molecule has 5 N–H and O–H groups in total. The van der Waals surface area contributed by atoms with Crippen LogP contribution in [0.1, 0.15) is 34.8 Å². The number of fused-ring (bicyclic) bond motifs is 1. The number of aromatic nitrogens is 2. The molecule has 9 nitrogen and oxygen atoms in total. The van der Waals surface area contributed by atoms with Crippen LogP contribution in [0.4, 0.5) is 11.6 Å². The predicted octanol–water partition coefficient (Wildman–Crippen LogP) is 1.06. The predicted molar refractivity (Wildman–Crippen MR) is 101 cm³/mol. The molecule has 0 saturated heterocycles. The minimum atomic E-state index is -3.17. The maximum Gasteiger partial charge on any atom is 0.248 e. The Morgan fingerprint density at radius 3 is 2.56 bits per heavy atom. The topological polar surface area (TPSA) is 156 Å². The number of primary amides is 1.